The fourth-order valence-corrected chi connectivity index (χ4v) is 1.70. The third kappa shape index (κ3) is 4.05. The van der Waals surface area contributed by atoms with Crippen LogP contribution < -0.4 is 15.4 Å². The van der Waals surface area contributed by atoms with Crippen molar-refractivity contribution in [2.24, 2.45) is 0 Å². The topological polar surface area (TPSA) is 59.6 Å². The van der Waals surface area contributed by atoms with Crippen LogP contribution in [-0.2, 0) is 9.53 Å². The van der Waals surface area contributed by atoms with Crippen molar-refractivity contribution in [2.75, 3.05) is 32.2 Å². The minimum atomic E-state index is -0.463. The number of carbonyl (C=O) groups is 1. The van der Waals surface area contributed by atoms with Crippen molar-refractivity contribution in [3.8, 4) is 5.75 Å². The van der Waals surface area contributed by atoms with Crippen molar-refractivity contribution in [1.29, 1.82) is 0 Å². The summed E-state index contributed by atoms with van der Waals surface area (Å²) in [5.41, 5.74) is 0.491. The molecule has 1 aromatic carbocycles. The molecule has 106 valence electrons. The number of benzene rings is 1. The number of morpholine rings is 1. The van der Waals surface area contributed by atoms with Gasteiger partial charge in [-0.25, -0.2) is 4.39 Å². The summed E-state index contributed by atoms with van der Waals surface area (Å²) in [6, 6.07) is 3.80. The van der Waals surface area contributed by atoms with Gasteiger partial charge < -0.3 is 20.1 Å². The third-order valence-corrected chi connectivity index (χ3v) is 2.66. The highest BCUT2D eigenvalue weighted by Crippen LogP contribution is 2.21. The molecule has 0 spiro atoms. The summed E-state index contributed by atoms with van der Waals surface area (Å²) in [5.74, 6) is -0.571. The predicted molar refractivity (Wildman–Crippen MR) is 71.4 cm³/mol. The zero-order valence-corrected chi connectivity index (χ0v) is 11.3. The fraction of sp³-hybridized carbons (Fsp3) is 0.417. The number of halogens is 2. The van der Waals surface area contributed by atoms with Crippen molar-refractivity contribution in [2.45, 2.75) is 6.04 Å². The number of rotatable bonds is 3. The molecule has 2 rings (SSSR count). The van der Waals surface area contributed by atoms with Gasteiger partial charge in [0.1, 0.15) is 6.04 Å². The second kappa shape index (κ2) is 7.28. The van der Waals surface area contributed by atoms with E-state index in [1.54, 1.807) is 0 Å². The maximum absolute atomic E-state index is 13.2. The average Bonchev–Trinajstić information content (AvgIpc) is 2.42. The van der Waals surface area contributed by atoms with Gasteiger partial charge >= 0.3 is 0 Å². The summed E-state index contributed by atoms with van der Waals surface area (Å²) in [7, 11) is 1.38. The van der Waals surface area contributed by atoms with E-state index in [0.29, 0.717) is 25.4 Å². The summed E-state index contributed by atoms with van der Waals surface area (Å²) in [6.07, 6.45) is 0. The van der Waals surface area contributed by atoms with Crippen LogP contribution in [0.25, 0.3) is 0 Å². The number of ether oxygens (including phenoxy) is 2. The largest absolute Gasteiger partial charge is 0.494 e. The monoisotopic (exact) mass is 290 g/mol. The molecule has 5 nitrogen and oxygen atoms in total. The molecule has 1 aliphatic rings. The van der Waals surface area contributed by atoms with Crippen LogP contribution in [0.1, 0.15) is 0 Å². The molecule has 0 aliphatic carbocycles. The van der Waals surface area contributed by atoms with Crippen LogP contribution in [0.2, 0.25) is 0 Å². The first-order valence-electron chi connectivity index (χ1n) is 5.66. The van der Waals surface area contributed by atoms with Crippen molar-refractivity contribution >= 4 is 24.0 Å². The van der Waals surface area contributed by atoms with Crippen LogP contribution in [0.3, 0.4) is 0 Å². The zero-order chi connectivity index (χ0) is 13.0. The lowest BCUT2D eigenvalue weighted by molar-refractivity contribution is -0.120. The fourth-order valence-electron chi connectivity index (χ4n) is 1.70. The van der Waals surface area contributed by atoms with Gasteiger partial charge in [0.2, 0.25) is 5.91 Å². The number of nitrogens with one attached hydrogen (secondary N) is 2. The van der Waals surface area contributed by atoms with E-state index in [2.05, 4.69) is 10.6 Å². The molecule has 1 aliphatic heterocycles. The highest BCUT2D eigenvalue weighted by molar-refractivity contribution is 5.95. The van der Waals surface area contributed by atoms with Crippen LogP contribution in [-0.4, -0.2) is 38.8 Å². The second-order valence-corrected chi connectivity index (χ2v) is 3.92. The SMILES string of the molecule is COc1cc(NC(=O)C2COCCN2)ccc1F.Cl. The van der Waals surface area contributed by atoms with Gasteiger partial charge in [-0.3, -0.25) is 4.79 Å². The third-order valence-electron chi connectivity index (χ3n) is 2.66. The normalized spacial score (nSPS) is 18.3. The van der Waals surface area contributed by atoms with E-state index < -0.39 is 5.82 Å². The lowest BCUT2D eigenvalue weighted by Gasteiger charge is -2.22. The molecule has 1 fully saturated rings. The lowest BCUT2D eigenvalue weighted by atomic mass is 10.2. The Bertz CT molecular complexity index is 439. The van der Waals surface area contributed by atoms with Crippen LogP contribution in [0.15, 0.2) is 18.2 Å². The van der Waals surface area contributed by atoms with Crippen LogP contribution in [0.5, 0.6) is 5.75 Å². The number of hydrogen-bond acceptors (Lipinski definition) is 4. The Hall–Kier alpha value is -1.37. The summed E-state index contributed by atoms with van der Waals surface area (Å²) in [5, 5.41) is 5.72. The molecule has 1 atom stereocenters. The van der Waals surface area contributed by atoms with E-state index in [9.17, 15) is 9.18 Å². The zero-order valence-electron chi connectivity index (χ0n) is 10.4. The molecule has 1 unspecified atom stereocenters. The smallest absolute Gasteiger partial charge is 0.243 e. The highest BCUT2D eigenvalue weighted by Gasteiger charge is 2.21. The standard InChI is InChI=1S/C12H15FN2O3.ClH/c1-17-11-6-8(2-3-9(11)13)15-12(16)10-7-18-5-4-14-10;/h2-3,6,10,14H,4-5,7H2,1H3,(H,15,16);1H. The van der Waals surface area contributed by atoms with E-state index in [-0.39, 0.29) is 30.1 Å². The Kier molecular flexibility index (Phi) is 6.01. The maximum Gasteiger partial charge on any atom is 0.243 e. The van der Waals surface area contributed by atoms with Gasteiger partial charge in [0.25, 0.3) is 0 Å². The van der Waals surface area contributed by atoms with Gasteiger partial charge in [0, 0.05) is 18.3 Å². The molecule has 2 N–H and O–H groups in total. The first-order valence-corrected chi connectivity index (χ1v) is 5.66. The summed E-state index contributed by atoms with van der Waals surface area (Å²) >= 11 is 0. The molecular weight excluding hydrogens is 275 g/mol. The Morgan fingerprint density at radius 3 is 3.00 bits per heavy atom. The lowest BCUT2D eigenvalue weighted by Crippen LogP contribution is -2.48. The first kappa shape index (κ1) is 15.7. The number of hydrogen-bond donors (Lipinski definition) is 2. The summed E-state index contributed by atoms with van der Waals surface area (Å²) in [6.45, 7) is 1.59. The van der Waals surface area contributed by atoms with Gasteiger partial charge in [0.05, 0.1) is 20.3 Å². The van der Waals surface area contributed by atoms with Crippen LogP contribution in [0.4, 0.5) is 10.1 Å². The predicted octanol–water partition coefficient (Wildman–Crippen LogP) is 1.18. The molecule has 0 bridgehead atoms. The van der Waals surface area contributed by atoms with Crippen molar-refractivity contribution in [3.63, 3.8) is 0 Å². The minimum absolute atomic E-state index is 0. The Morgan fingerprint density at radius 2 is 2.37 bits per heavy atom. The summed E-state index contributed by atoms with van der Waals surface area (Å²) < 4.78 is 23.2. The molecule has 1 aromatic rings. The van der Waals surface area contributed by atoms with Gasteiger partial charge in [-0.15, -0.1) is 12.4 Å². The van der Waals surface area contributed by atoms with E-state index >= 15 is 0 Å². The first-order chi connectivity index (χ1) is 8.70. The molecule has 1 heterocycles. The van der Waals surface area contributed by atoms with Crippen molar-refractivity contribution in [1.82, 2.24) is 5.32 Å². The molecule has 1 amide bonds. The van der Waals surface area contributed by atoms with E-state index in [1.165, 1.54) is 25.3 Å². The highest BCUT2D eigenvalue weighted by atomic mass is 35.5. The molecule has 1 saturated heterocycles. The molecule has 7 heteroatoms. The van der Waals surface area contributed by atoms with Gasteiger partial charge in [0.15, 0.2) is 11.6 Å². The number of carbonyl (C=O) groups excluding carboxylic acids is 1. The van der Waals surface area contributed by atoms with Crippen molar-refractivity contribution in [3.05, 3.63) is 24.0 Å². The molecule has 0 saturated carbocycles. The molecule has 0 aromatic heterocycles. The van der Waals surface area contributed by atoms with Gasteiger partial charge in [-0.05, 0) is 12.1 Å². The number of anilines is 1. The van der Waals surface area contributed by atoms with Crippen LogP contribution >= 0.6 is 12.4 Å². The number of methoxy groups -OCH3 is 1. The van der Waals surface area contributed by atoms with Crippen molar-refractivity contribution < 1.29 is 18.7 Å². The maximum atomic E-state index is 13.2. The molecule has 0 radical (unpaired) electrons. The minimum Gasteiger partial charge on any atom is -0.494 e. The average molecular weight is 291 g/mol. The number of amides is 1. The van der Waals surface area contributed by atoms with Gasteiger partial charge in [-0.2, -0.15) is 0 Å². The molecular formula is C12H16ClFN2O3. The molecule has 19 heavy (non-hydrogen) atoms. The summed E-state index contributed by atoms with van der Waals surface area (Å²) in [4.78, 5) is 11.9. The Balaban J connectivity index is 0.00000180. The second-order valence-electron chi connectivity index (χ2n) is 3.92. The van der Waals surface area contributed by atoms with Gasteiger partial charge in [-0.1, -0.05) is 0 Å². The van der Waals surface area contributed by atoms with Crippen LogP contribution in [0, 0.1) is 5.82 Å². The Morgan fingerprint density at radius 1 is 1.58 bits per heavy atom. The van der Waals surface area contributed by atoms with E-state index in [0.717, 1.165) is 0 Å². The van der Waals surface area contributed by atoms with E-state index in [1.807, 2.05) is 0 Å². The van der Waals surface area contributed by atoms with E-state index in [4.69, 9.17) is 9.47 Å². The Labute approximate surface area is 116 Å². The quantitative estimate of drug-likeness (QED) is 0.878.